The van der Waals surface area contributed by atoms with E-state index < -0.39 is 0 Å². The Balaban J connectivity index is 1.68. The first kappa shape index (κ1) is 12.3. The van der Waals surface area contributed by atoms with E-state index >= 15 is 0 Å². The van der Waals surface area contributed by atoms with E-state index in [1.807, 2.05) is 0 Å². The molecule has 0 aromatic carbocycles. The fourth-order valence-electron chi connectivity index (χ4n) is 2.83. The smallest absolute Gasteiger partial charge is 0.0239 e. The molecule has 16 heavy (non-hydrogen) atoms. The fraction of sp³-hybridized carbons (Fsp3) is 1.00. The van der Waals surface area contributed by atoms with Gasteiger partial charge >= 0.3 is 0 Å². The normalized spacial score (nSPS) is 26.4. The summed E-state index contributed by atoms with van der Waals surface area (Å²) in [4.78, 5) is 2.59. The molecule has 2 aliphatic heterocycles. The van der Waals surface area contributed by atoms with Crippen LogP contribution in [0.3, 0.4) is 0 Å². The number of hydrogen-bond donors (Lipinski definition) is 1. The van der Waals surface area contributed by atoms with Crippen LogP contribution in [0, 0.1) is 0 Å². The number of hydrogen-bond acceptors (Lipinski definition) is 3. The van der Waals surface area contributed by atoms with Crippen molar-refractivity contribution in [1.82, 2.24) is 15.3 Å². The molecule has 0 radical (unpaired) electrons. The average molecular weight is 225 g/mol. The first-order chi connectivity index (χ1) is 7.75. The lowest BCUT2D eigenvalue weighted by Crippen LogP contribution is -2.52. The lowest BCUT2D eigenvalue weighted by molar-refractivity contribution is 0.0848. The van der Waals surface area contributed by atoms with Crippen LogP contribution in [-0.2, 0) is 0 Å². The fourth-order valence-corrected chi connectivity index (χ4v) is 2.83. The summed E-state index contributed by atoms with van der Waals surface area (Å²) in [6.45, 7) is 9.65. The Morgan fingerprint density at radius 1 is 0.938 bits per heavy atom. The van der Waals surface area contributed by atoms with Gasteiger partial charge in [0.2, 0.25) is 0 Å². The molecule has 0 bridgehead atoms. The number of piperidine rings is 2. The van der Waals surface area contributed by atoms with Crippen molar-refractivity contribution in [3.63, 3.8) is 0 Å². The number of rotatable bonds is 3. The summed E-state index contributed by atoms with van der Waals surface area (Å²) in [5.74, 6) is 0. The SMILES string of the molecule is CC(C)N1CCC(NN2CCCCC2)CC1. The van der Waals surface area contributed by atoms with Crippen molar-refractivity contribution >= 4 is 0 Å². The molecule has 0 aliphatic carbocycles. The number of nitrogens with one attached hydrogen (secondary N) is 1. The van der Waals surface area contributed by atoms with Gasteiger partial charge in [-0.25, -0.2) is 5.01 Å². The molecule has 3 nitrogen and oxygen atoms in total. The van der Waals surface area contributed by atoms with Crippen LogP contribution in [0.25, 0.3) is 0 Å². The summed E-state index contributed by atoms with van der Waals surface area (Å²) in [6, 6.07) is 1.45. The van der Waals surface area contributed by atoms with E-state index in [0.29, 0.717) is 0 Å². The van der Waals surface area contributed by atoms with Crippen molar-refractivity contribution in [2.24, 2.45) is 0 Å². The topological polar surface area (TPSA) is 18.5 Å². The molecule has 1 N–H and O–H groups in total. The van der Waals surface area contributed by atoms with E-state index in [1.54, 1.807) is 0 Å². The Bertz CT molecular complexity index is 191. The summed E-state index contributed by atoms with van der Waals surface area (Å²) in [6.07, 6.45) is 6.79. The first-order valence-corrected chi connectivity index (χ1v) is 7.01. The van der Waals surface area contributed by atoms with Crippen LogP contribution in [0.15, 0.2) is 0 Å². The quantitative estimate of drug-likeness (QED) is 0.791. The summed E-state index contributed by atoms with van der Waals surface area (Å²) in [5.41, 5.74) is 3.72. The summed E-state index contributed by atoms with van der Waals surface area (Å²) in [5, 5.41) is 2.46. The molecule has 2 saturated heterocycles. The highest BCUT2D eigenvalue weighted by atomic mass is 15.5. The maximum absolute atomic E-state index is 3.72. The van der Waals surface area contributed by atoms with Gasteiger partial charge in [0.15, 0.2) is 0 Å². The Kier molecular flexibility index (Phi) is 4.62. The van der Waals surface area contributed by atoms with E-state index in [-0.39, 0.29) is 0 Å². The maximum Gasteiger partial charge on any atom is 0.0239 e. The Labute approximate surface area is 100 Å². The lowest BCUT2D eigenvalue weighted by atomic mass is 10.0. The van der Waals surface area contributed by atoms with Gasteiger partial charge < -0.3 is 4.90 Å². The van der Waals surface area contributed by atoms with Crippen molar-refractivity contribution in [2.75, 3.05) is 26.2 Å². The second kappa shape index (κ2) is 5.99. The van der Waals surface area contributed by atoms with E-state index in [0.717, 1.165) is 12.1 Å². The van der Waals surface area contributed by atoms with Crippen LogP contribution in [0.4, 0.5) is 0 Å². The van der Waals surface area contributed by atoms with Crippen LogP contribution >= 0.6 is 0 Å². The molecule has 0 saturated carbocycles. The number of hydrazine groups is 1. The third-order valence-corrected chi connectivity index (χ3v) is 3.98. The highest BCUT2D eigenvalue weighted by Gasteiger charge is 2.22. The van der Waals surface area contributed by atoms with Crippen molar-refractivity contribution in [2.45, 2.75) is 58.0 Å². The predicted molar refractivity (Wildman–Crippen MR) is 68.3 cm³/mol. The van der Waals surface area contributed by atoms with Crippen LogP contribution in [0.5, 0.6) is 0 Å². The van der Waals surface area contributed by atoms with Crippen molar-refractivity contribution in [1.29, 1.82) is 0 Å². The van der Waals surface area contributed by atoms with Gasteiger partial charge in [-0.05, 0) is 52.6 Å². The molecule has 0 amide bonds. The lowest BCUT2D eigenvalue weighted by Gasteiger charge is -2.38. The molecule has 0 unspecified atom stereocenters. The Hall–Kier alpha value is -0.120. The van der Waals surface area contributed by atoms with Crippen LogP contribution in [0.1, 0.15) is 46.0 Å². The van der Waals surface area contributed by atoms with Crippen molar-refractivity contribution in [3.05, 3.63) is 0 Å². The van der Waals surface area contributed by atoms with Gasteiger partial charge in [-0.15, -0.1) is 0 Å². The molecular weight excluding hydrogens is 198 g/mol. The molecule has 3 heteroatoms. The van der Waals surface area contributed by atoms with Crippen LogP contribution < -0.4 is 5.43 Å². The molecule has 0 atom stereocenters. The second-order valence-corrected chi connectivity index (χ2v) is 5.58. The van der Waals surface area contributed by atoms with Gasteiger partial charge in [0, 0.05) is 25.2 Å². The van der Waals surface area contributed by atoms with E-state index in [9.17, 15) is 0 Å². The first-order valence-electron chi connectivity index (χ1n) is 7.01. The van der Waals surface area contributed by atoms with E-state index in [2.05, 4.69) is 29.2 Å². The van der Waals surface area contributed by atoms with E-state index in [1.165, 1.54) is 58.3 Å². The summed E-state index contributed by atoms with van der Waals surface area (Å²) < 4.78 is 0. The zero-order valence-corrected chi connectivity index (χ0v) is 10.9. The minimum atomic E-state index is 0.718. The summed E-state index contributed by atoms with van der Waals surface area (Å²) in [7, 11) is 0. The van der Waals surface area contributed by atoms with Crippen molar-refractivity contribution in [3.8, 4) is 0 Å². The van der Waals surface area contributed by atoms with Gasteiger partial charge in [-0.2, -0.15) is 0 Å². The highest BCUT2D eigenvalue weighted by Crippen LogP contribution is 2.14. The van der Waals surface area contributed by atoms with Crippen molar-refractivity contribution < 1.29 is 0 Å². The molecule has 2 aliphatic rings. The Morgan fingerprint density at radius 2 is 1.56 bits per heavy atom. The van der Waals surface area contributed by atoms with Crippen LogP contribution in [-0.4, -0.2) is 48.2 Å². The van der Waals surface area contributed by atoms with Gasteiger partial charge in [0.1, 0.15) is 0 Å². The monoisotopic (exact) mass is 225 g/mol. The molecule has 0 spiro atoms. The largest absolute Gasteiger partial charge is 0.301 e. The molecule has 0 aromatic heterocycles. The van der Waals surface area contributed by atoms with E-state index in [4.69, 9.17) is 0 Å². The van der Waals surface area contributed by atoms with Gasteiger partial charge in [-0.3, -0.25) is 5.43 Å². The predicted octanol–water partition coefficient (Wildman–Crippen LogP) is 1.85. The zero-order chi connectivity index (χ0) is 11.4. The summed E-state index contributed by atoms with van der Waals surface area (Å²) >= 11 is 0. The Morgan fingerprint density at radius 3 is 2.12 bits per heavy atom. The number of nitrogens with zero attached hydrogens (tertiary/aromatic N) is 2. The highest BCUT2D eigenvalue weighted by molar-refractivity contribution is 4.78. The van der Waals surface area contributed by atoms with Gasteiger partial charge in [-0.1, -0.05) is 6.42 Å². The minimum absolute atomic E-state index is 0.718. The zero-order valence-electron chi connectivity index (χ0n) is 10.9. The van der Waals surface area contributed by atoms with Gasteiger partial charge in [0.05, 0.1) is 0 Å². The third-order valence-electron chi connectivity index (χ3n) is 3.98. The number of likely N-dealkylation sites (tertiary alicyclic amines) is 1. The minimum Gasteiger partial charge on any atom is -0.301 e. The maximum atomic E-state index is 3.72. The average Bonchev–Trinajstić information content (AvgIpc) is 2.31. The second-order valence-electron chi connectivity index (χ2n) is 5.58. The van der Waals surface area contributed by atoms with Crippen LogP contribution in [0.2, 0.25) is 0 Å². The standard InChI is InChI=1S/C13H27N3/c1-12(2)15-10-6-13(7-11-15)14-16-8-4-3-5-9-16/h12-14H,3-11H2,1-2H3. The molecule has 0 aromatic rings. The molecule has 94 valence electrons. The van der Waals surface area contributed by atoms with Gasteiger partial charge in [0.25, 0.3) is 0 Å². The molecule has 2 fully saturated rings. The molecular formula is C13H27N3. The molecule has 2 rings (SSSR count). The molecule has 2 heterocycles. The third kappa shape index (κ3) is 3.44.